The van der Waals surface area contributed by atoms with Crippen LogP contribution in [-0.4, -0.2) is 19.7 Å². The van der Waals surface area contributed by atoms with E-state index in [1.165, 1.54) is 24.9 Å². The van der Waals surface area contributed by atoms with Crippen LogP contribution in [0.4, 0.5) is 13.2 Å². The lowest BCUT2D eigenvalue weighted by Crippen LogP contribution is -2.32. The van der Waals surface area contributed by atoms with Crippen LogP contribution in [0.5, 0.6) is 5.75 Å². The molecule has 0 aromatic heterocycles. The number of hydrogen-bond donors (Lipinski definition) is 2. The maximum absolute atomic E-state index is 13.0. The highest BCUT2D eigenvalue weighted by Gasteiger charge is 2.35. The van der Waals surface area contributed by atoms with E-state index in [1.54, 1.807) is 13.1 Å². The Labute approximate surface area is 119 Å². The molecule has 2 N–H and O–H groups in total. The standard InChI is InChI=1S/C13H15F3N2OS/c1-7-11(18-12(17-2)20-7)8-4-5-10(19-3)9(6-8)13(14,15)16/h4-6,12,17-18H,1-3H3. The molecule has 0 amide bonds. The first kappa shape index (κ1) is 15.1. The van der Waals surface area contributed by atoms with Gasteiger partial charge in [0.15, 0.2) is 0 Å². The molecule has 0 bridgehead atoms. The van der Waals surface area contributed by atoms with Crippen molar-refractivity contribution in [2.45, 2.75) is 18.6 Å². The zero-order valence-corrected chi connectivity index (χ0v) is 12.1. The number of halogens is 3. The van der Waals surface area contributed by atoms with Crippen molar-refractivity contribution in [2.24, 2.45) is 0 Å². The Morgan fingerprint density at radius 3 is 2.55 bits per heavy atom. The monoisotopic (exact) mass is 304 g/mol. The molecule has 1 unspecified atom stereocenters. The zero-order chi connectivity index (χ0) is 14.9. The van der Waals surface area contributed by atoms with Crippen LogP contribution >= 0.6 is 11.8 Å². The van der Waals surface area contributed by atoms with Crippen molar-refractivity contribution in [3.8, 4) is 5.75 Å². The Balaban J connectivity index is 2.42. The summed E-state index contributed by atoms with van der Waals surface area (Å²) in [5.74, 6) is -0.171. The number of ether oxygens (including phenoxy) is 1. The fourth-order valence-corrected chi connectivity index (χ4v) is 2.94. The van der Waals surface area contributed by atoms with Gasteiger partial charge < -0.3 is 10.1 Å². The Hall–Kier alpha value is -1.34. The minimum atomic E-state index is -4.44. The summed E-state index contributed by atoms with van der Waals surface area (Å²) in [6.45, 7) is 1.88. The summed E-state index contributed by atoms with van der Waals surface area (Å²) in [7, 11) is 3.02. The van der Waals surface area contributed by atoms with Crippen LogP contribution in [0.25, 0.3) is 5.70 Å². The largest absolute Gasteiger partial charge is 0.496 e. The molecule has 3 nitrogen and oxygen atoms in total. The molecule has 0 saturated carbocycles. The molecule has 0 radical (unpaired) electrons. The van der Waals surface area contributed by atoms with Crippen molar-refractivity contribution in [1.82, 2.24) is 10.6 Å². The molecule has 1 aromatic rings. The molecule has 1 aliphatic heterocycles. The highest BCUT2D eigenvalue weighted by Crippen LogP contribution is 2.40. The number of alkyl halides is 3. The third-order valence-corrected chi connectivity index (χ3v) is 4.12. The van der Waals surface area contributed by atoms with Crippen molar-refractivity contribution >= 4 is 17.5 Å². The number of hydrogen-bond acceptors (Lipinski definition) is 4. The summed E-state index contributed by atoms with van der Waals surface area (Å²) in [4.78, 5) is 0.947. The van der Waals surface area contributed by atoms with Crippen LogP contribution in [0.15, 0.2) is 23.1 Å². The molecule has 0 spiro atoms. The van der Waals surface area contributed by atoms with Gasteiger partial charge in [-0.25, -0.2) is 0 Å². The average molecular weight is 304 g/mol. The van der Waals surface area contributed by atoms with Crippen molar-refractivity contribution in [2.75, 3.05) is 14.2 Å². The normalized spacial score (nSPS) is 19.2. The molecule has 0 fully saturated rings. The van der Waals surface area contributed by atoms with E-state index in [1.807, 2.05) is 6.92 Å². The van der Waals surface area contributed by atoms with Crippen LogP contribution < -0.4 is 15.4 Å². The van der Waals surface area contributed by atoms with Crippen molar-refractivity contribution in [3.05, 3.63) is 34.2 Å². The van der Waals surface area contributed by atoms with Crippen LogP contribution in [0, 0.1) is 0 Å². The van der Waals surface area contributed by atoms with Crippen molar-refractivity contribution < 1.29 is 17.9 Å². The van der Waals surface area contributed by atoms with Gasteiger partial charge in [0.05, 0.1) is 18.4 Å². The van der Waals surface area contributed by atoms with Gasteiger partial charge in [-0.1, -0.05) is 11.8 Å². The maximum Gasteiger partial charge on any atom is 0.419 e. The van der Waals surface area contributed by atoms with Gasteiger partial charge in [0.2, 0.25) is 0 Å². The van der Waals surface area contributed by atoms with E-state index < -0.39 is 11.7 Å². The molecule has 110 valence electrons. The molecule has 7 heteroatoms. The number of thioether (sulfide) groups is 1. The molecule has 1 aliphatic rings. The second kappa shape index (κ2) is 5.57. The quantitative estimate of drug-likeness (QED) is 0.898. The summed E-state index contributed by atoms with van der Waals surface area (Å²) in [5.41, 5.74) is 0.419. The fraction of sp³-hybridized carbons (Fsp3) is 0.385. The molecular formula is C13H15F3N2OS. The molecule has 1 atom stereocenters. The Kier molecular flexibility index (Phi) is 4.19. The van der Waals surface area contributed by atoms with Gasteiger partial charge in [-0.05, 0) is 37.7 Å². The van der Waals surface area contributed by atoms with Gasteiger partial charge in [-0.15, -0.1) is 0 Å². The SMILES string of the molecule is CNC1NC(c2ccc(OC)c(C(F)(F)F)c2)=C(C)S1. The number of methoxy groups -OCH3 is 1. The zero-order valence-electron chi connectivity index (χ0n) is 11.3. The maximum atomic E-state index is 13.0. The van der Waals surface area contributed by atoms with E-state index in [0.29, 0.717) is 11.3 Å². The summed E-state index contributed by atoms with van der Waals surface area (Å²) in [6.07, 6.45) is -4.44. The first-order valence-corrected chi connectivity index (χ1v) is 6.81. The first-order valence-electron chi connectivity index (χ1n) is 5.93. The van der Waals surface area contributed by atoms with E-state index in [4.69, 9.17) is 4.74 Å². The van der Waals surface area contributed by atoms with Crippen molar-refractivity contribution in [1.29, 1.82) is 0 Å². The van der Waals surface area contributed by atoms with Gasteiger partial charge >= 0.3 is 6.18 Å². The molecule has 1 heterocycles. The van der Waals surface area contributed by atoms with Gasteiger partial charge in [-0.3, -0.25) is 5.32 Å². The molecular weight excluding hydrogens is 289 g/mol. The summed E-state index contributed by atoms with van der Waals surface area (Å²) in [5, 5.41) is 6.17. The molecule has 0 saturated heterocycles. The van der Waals surface area contributed by atoms with E-state index in [2.05, 4.69) is 10.6 Å². The molecule has 2 rings (SSSR count). The minimum Gasteiger partial charge on any atom is -0.496 e. The third-order valence-electron chi connectivity index (χ3n) is 2.98. The minimum absolute atomic E-state index is 0.0264. The molecule has 20 heavy (non-hydrogen) atoms. The second-order valence-corrected chi connectivity index (χ2v) is 5.59. The number of nitrogens with one attached hydrogen (secondary N) is 2. The lowest BCUT2D eigenvalue weighted by atomic mass is 10.1. The Morgan fingerprint density at radius 2 is 2.05 bits per heavy atom. The predicted octanol–water partition coefficient (Wildman–Crippen LogP) is 3.24. The first-order chi connectivity index (χ1) is 9.36. The van der Waals surface area contributed by atoms with Gasteiger partial charge in [0.1, 0.15) is 11.2 Å². The summed E-state index contributed by atoms with van der Waals surface area (Å²) >= 11 is 1.54. The Morgan fingerprint density at radius 1 is 1.35 bits per heavy atom. The van der Waals surface area contributed by atoms with Crippen LogP contribution in [0.2, 0.25) is 0 Å². The van der Waals surface area contributed by atoms with Crippen molar-refractivity contribution in [3.63, 3.8) is 0 Å². The predicted molar refractivity (Wildman–Crippen MR) is 74.2 cm³/mol. The summed E-state index contributed by atoms with van der Waals surface area (Å²) in [6, 6.07) is 4.08. The lowest BCUT2D eigenvalue weighted by molar-refractivity contribution is -0.138. The third kappa shape index (κ3) is 2.88. The van der Waals surface area contributed by atoms with Crippen LogP contribution in [0.1, 0.15) is 18.1 Å². The fourth-order valence-electron chi connectivity index (χ4n) is 2.00. The van der Waals surface area contributed by atoms with Gasteiger partial charge in [0.25, 0.3) is 0 Å². The van der Waals surface area contributed by atoms with Gasteiger partial charge in [-0.2, -0.15) is 13.2 Å². The lowest BCUT2D eigenvalue weighted by Gasteiger charge is -2.15. The number of benzene rings is 1. The van der Waals surface area contributed by atoms with E-state index >= 15 is 0 Å². The topological polar surface area (TPSA) is 33.3 Å². The smallest absolute Gasteiger partial charge is 0.419 e. The number of rotatable bonds is 3. The van der Waals surface area contributed by atoms with E-state index in [-0.39, 0.29) is 11.2 Å². The van der Waals surface area contributed by atoms with Crippen LogP contribution in [0.3, 0.4) is 0 Å². The van der Waals surface area contributed by atoms with E-state index in [0.717, 1.165) is 11.0 Å². The second-order valence-electron chi connectivity index (χ2n) is 4.27. The van der Waals surface area contributed by atoms with Crippen LogP contribution in [-0.2, 0) is 6.18 Å². The molecule has 0 aliphatic carbocycles. The number of allylic oxidation sites excluding steroid dienone is 1. The molecule has 1 aromatic carbocycles. The van der Waals surface area contributed by atoms with Gasteiger partial charge in [0, 0.05) is 4.91 Å². The highest BCUT2D eigenvalue weighted by molar-refractivity contribution is 8.04. The highest BCUT2D eigenvalue weighted by atomic mass is 32.2. The van der Waals surface area contributed by atoms with E-state index in [9.17, 15) is 13.2 Å². The average Bonchev–Trinajstić information content (AvgIpc) is 2.78. The Bertz CT molecular complexity index is 543. The summed E-state index contributed by atoms with van der Waals surface area (Å²) < 4.78 is 43.8.